The summed E-state index contributed by atoms with van der Waals surface area (Å²) in [5.74, 6) is 0. The Balaban J connectivity index is 4.15. The summed E-state index contributed by atoms with van der Waals surface area (Å²) in [6, 6.07) is -0.413. The summed E-state index contributed by atoms with van der Waals surface area (Å²) < 4.78 is 4.69. The highest BCUT2D eigenvalue weighted by Gasteiger charge is 2.19. The second-order valence-electron chi connectivity index (χ2n) is 2.28. The van der Waals surface area contributed by atoms with E-state index in [0.717, 1.165) is 4.90 Å². The predicted octanol–water partition coefficient (Wildman–Crippen LogP) is 1.19. The van der Waals surface area contributed by atoms with Crippen molar-refractivity contribution in [1.82, 2.24) is 10.2 Å². The van der Waals surface area contributed by atoms with Gasteiger partial charge in [-0.15, -0.1) is 0 Å². The zero-order valence-corrected chi connectivity index (χ0v) is 8.29. The number of urea groups is 1. The number of imide groups is 1. The van der Waals surface area contributed by atoms with Gasteiger partial charge in [0.15, 0.2) is 0 Å². The molecule has 0 aromatic heterocycles. The average molecular weight is 188 g/mol. The fourth-order valence-corrected chi connectivity index (χ4v) is 0.804. The van der Waals surface area contributed by atoms with Crippen molar-refractivity contribution >= 4 is 12.1 Å². The molecule has 0 spiro atoms. The van der Waals surface area contributed by atoms with Crippen LogP contribution in [0.4, 0.5) is 9.59 Å². The van der Waals surface area contributed by atoms with E-state index in [2.05, 4.69) is 10.1 Å². The minimum absolute atomic E-state index is 0.273. The third-order valence-corrected chi connectivity index (χ3v) is 1.38. The van der Waals surface area contributed by atoms with E-state index in [-0.39, 0.29) is 6.61 Å². The molecule has 3 amide bonds. The number of hydrogen-bond acceptors (Lipinski definition) is 3. The van der Waals surface area contributed by atoms with E-state index in [0.29, 0.717) is 13.1 Å². The molecule has 5 nitrogen and oxygen atoms in total. The lowest BCUT2D eigenvalue weighted by Crippen LogP contribution is -2.43. The summed E-state index contributed by atoms with van der Waals surface area (Å²) in [4.78, 5) is 23.4. The molecule has 1 N–H and O–H groups in total. The van der Waals surface area contributed by atoms with Crippen LogP contribution >= 0.6 is 0 Å². The SMILES string of the molecule is CCNC(=O)N(CC)C(=O)OCC. The quantitative estimate of drug-likeness (QED) is 0.723. The van der Waals surface area contributed by atoms with Gasteiger partial charge in [-0.25, -0.2) is 14.5 Å². The van der Waals surface area contributed by atoms with Gasteiger partial charge in [-0.2, -0.15) is 0 Å². The highest BCUT2D eigenvalue weighted by Crippen LogP contribution is 1.94. The number of nitrogens with zero attached hydrogens (tertiary/aromatic N) is 1. The Hall–Kier alpha value is -1.26. The van der Waals surface area contributed by atoms with Crippen molar-refractivity contribution in [2.75, 3.05) is 19.7 Å². The molecule has 0 heterocycles. The Labute approximate surface area is 78.0 Å². The molecule has 0 bridgehead atoms. The number of nitrogens with one attached hydrogen (secondary N) is 1. The molecule has 5 heteroatoms. The molecule has 0 fully saturated rings. The van der Waals surface area contributed by atoms with E-state index in [1.165, 1.54) is 0 Å². The molecule has 0 saturated carbocycles. The van der Waals surface area contributed by atoms with Crippen LogP contribution in [-0.2, 0) is 4.74 Å². The molecule has 0 radical (unpaired) electrons. The first kappa shape index (κ1) is 11.7. The molecule has 0 aliphatic heterocycles. The Morgan fingerprint density at radius 1 is 1.31 bits per heavy atom. The fraction of sp³-hybridized carbons (Fsp3) is 0.750. The first-order valence-electron chi connectivity index (χ1n) is 4.39. The Morgan fingerprint density at radius 2 is 1.92 bits per heavy atom. The van der Waals surface area contributed by atoms with Gasteiger partial charge in [0.2, 0.25) is 0 Å². The van der Waals surface area contributed by atoms with Gasteiger partial charge in [0.1, 0.15) is 0 Å². The van der Waals surface area contributed by atoms with E-state index in [1.54, 1.807) is 20.8 Å². The predicted molar refractivity (Wildman–Crippen MR) is 48.5 cm³/mol. The standard InChI is InChI=1S/C8H16N2O3/c1-4-9-7(11)10(5-2)8(12)13-6-3/h4-6H2,1-3H3,(H,9,11). The first-order valence-corrected chi connectivity index (χ1v) is 4.39. The number of amides is 3. The smallest absolute Gasteiger partial charge is 0.417 e. The minimum Gasteiger partial charge on any atom is -0.449 e. The second kappa shape index (κ2) is 6.28. The summed E-state index contributed by atoms with van der Waals surface area (Å²) in [5.41, 5.74) is 0. The number of hydrogen-bond donors (Lipinski definition) is 1. The van der Waals surface area contributed by atoms with Gasteiger partial charge in [-0.05, 0) is 20.8 Å². The van der Waals surface area contributed by atoms with Gasteiger partial charge in [0.05, 0.1) is 6.61 Å². The van der Waals surface area contributed by atoms with Crippen LogP contribution in [0.5, 0.6) is 0 Å². The summed E-state index contributed by atoms with van der Waals surface area (Å²) >= 11 is 0. The van der Waals surface area contributed by atoms with Crippen LogP contribution in [0.2, 0.25) is 0 Å². The molecule has 0 aromatic carbocycles. The molecule has 76 valence electrons. The average Bonchev–Trinajstić information content (AvgIpc) is 2.06. The molecule has 0 rings (SSSR count). The van der Waals surface area contributed by atoms with Crippen LogP contribution in [-0.4, -0.2) is 36.7 Å². The molecular formula is C8H16N2O3. The topological polar surface area (TPSA) is 58.6 Å². The van der Waals surface area contributed by atoms with E-state index >= 15 is 0 Å². The van der Waals surface area contributed by atoms with Crippen LogP contribution < -0.4 is 5.32 Å². The lowest BCUT2D eigenvalue weighted by atomic mass is 10.6. The third-order valence-electron chi connectivity index (χ3n) is 1.38. The normalized spacial score (nSPS) is 9.15. The number of carbonyl (C=O) groups is 2. The van der Waals surface area contributed by atoms with E-state index in [4.69, 9.17) is 0 Å². The van der Waals surface area contributed by atoms with Crippen molar-refractivity contribution in [1.29, 1.82) is 0 Å². The van der Waals surface area contributed by atoms with Crippen molar-refractivity contribution in [2.24, 2.45) is 0 Å². The van der Waals surface area contributed by atoms with Crippen molar-refractivity contribution < 1.29 is 14.3 Å². The zero-order valence-electron chi connectivity index (χ0n) is 8.29. The maximum atomic E-state index is 11.2. The van der Waals surface area contributed by atoms with Crippen LogP contribution in [0, 0.1) is 0 Å². The van der Waals surface area contributed by atoms with Crippen LogP contribution in [0.1, 0.15) is 20.8 Å². The summed E-state index contributed by atoms with van der Waals surface area (Å²) in [7, 11) is 0. The van der Waals surface area contributed by atoms with Crippen LogP contribution in [0.3, 0.4) is 0 Å². The van der Waals surface area contributed by atoms with Gasteiger partial charge >= 0.3 is 12.1 Å². The van der Waals surface area contributed by atoms with Crippen molar-refractivity contribution in [3.63, 3.8) is 0 Å². The maximum absolute atomic E-state index is 11.2. The van der Waals surface area contributed by atoms with E-state index in [1.807, 2.05) is 0 Å². The summed E-state index contributed by atoms with van der Waals surface area (Å²) in [6.45, 7) is 6.28. The van der Waals surface area contributed by atoms with Crippen molar-refractivity contribution in [2.45, 2.75) is 20.8 Å². The Kier molecular flexibility index (Phi) is 5.67. The monoisotopic (exact) mass is 188 g/mol. The molecule has 0 saturated heterocycles. The van der Waals surface area contributed by atoms with Gasteiger partial charge < -0.3 is 10.1 Å². The van der Waals surface area contributed by atoms with Gasteiger partial charge in [-0.3, -0.25) is 0 Å². The maximum Gasteiger partial charge on any atom is 0.417 e. The molecule has 0 aliphatic carbocycles. The number of ether oxygens (including phenoxy) is 1. The van der Waals surface area contributed by atoms with Crippen molar-refractivity contribution in [3.8, 4) is 0 Å². The summed E-state index contributed by atoms with van der Waals surface area (Å²) in [6.07, 6.45) is -0.601. The molecule has 0 atom stereocenters. The number of carbonyl (C=O) groups excluding carboxylic acids is 2. The molecule has 0 aromatic rings. The molecule has 0 aliphatic rings. The largest absolute Gasteiger partial charge is 0.449 e. The van der Waals surface area contributed by atoms with Crippen LogP contribution in [0.25, 0.3) is 0 Å². The van der Waals surface area contributed by atoms with Gasteiger partial charge in [0.25, 0.3) is 0 Å². The highest BCUT2D eigenvalue weighted by atomic mass is 16.6. The molecule has 13 heavy (non-hydrogen) atoms. The van der Waals surface area contributed by atoms with Crippen molar-refractivity contribution in [3.05, 3.63) is 0 Å². The molecular weight excluding hydrogens is 172 g/mol. The highest BCUT2D eigenvalue weighted by molar-refractivity contribution is 5.90. The minimum atomic E-state index is -0.601. The summed E-state index contributed by atoms with van der Waals surface area (Å²) in [5, 5.41) is 2.52. The number of rotatable bonds is 3. The fourth-order valence-electron chi connectivity index (χ4n) is 0.804. The van der Waals surface area contributed by atoms with Crippen LogP contribution in [0.15, 0.2) is 0 Å². The lowest BCUT2D eigenvalue weighted by Gasteiger charge is -2.17. The van der Waals surface area contributed by atoms with Gasteiger partial charge in [0, 0.05) is 13.1 Å². The molecule has 0 unspecified atom stereocenters. The Bertz CT molecular complexity index is 164. The Morgan fingerprint density at radius 3 is 2.31 bits per heavy atom. The zero-order chi connectivity index (χ0) is 10.3. The van der Waals surface area contributed by atoms with Gasteiger partial charge in [-0.1, -0.05) is 0 Å². The first-order chi connectivity index (χ1) is 6.17. The van der Waals surface area contributed by atoms with E-state index in [9.17, 15) is 9.59 Å². The third kappa shape index (κ3) is 3.78. The second-order valence-corrected chi connectivity index (χ2v) is 2.28. The van der Waals surface area contributed by atoms with E-state index < -0.39 is 12.1 Å². The lowest BCUT2D eigenvalue weighted by molar-refractivity contribution is 0.116.